The summed E-state index contributed by atoms with van der Waals surface area (Å²) in [5.41, 5.74) is 0.166. The van der Waals surface area contributed by atoms with Crippen LogP contribution in [0, 0.1) is 11.2 Å². The van der Waals surface area contributed by atoms with Crippen molar-refractivity contribution in [2.24, 2.45) is 5.41 Å². The van der Waals surface area contributed by atoms with E-state index in [1.54, 1.807) is 6.07 Å². The highest BCUT2D eigenvalue weighted by Crippen LogP contribution is 2.49. The van der Waals surface area contributed by atoms with Gasteiger partial charge in [-0.3, -0.25) is 0 Å². The molecule has 0 bridgehead atoms. The predicted octanol–water partition coefficient (Wildman–Crippen LogP) is 4.52. The third-order valence-electron chi connectivity index (χ3n) is 4.72. The van der Waals surface area contributed by atoms with Crippen LogP contribution in [-0.4, -0.2) is 18.7 Å². The molecule has 1 aromatic rings. The average molecular weight is 344 g/mol. The molecule has 0 heterocycles. The molecule has 0 saturated heterocycles. The molecule has 0 spiro atoms. The Hall–Kier alpha value is -0.610. The van der Waals surface area contributed by atoms with Gasteiger partial charge in [-0.25, -0.2) is 4.39 Å². The minimum absolute atomic E-state index is 0.166. The zero-order chi connectivity index (χ0) is 14.8. The molecule has 2 rings (SSSR count). The normalized spacial score (nSPS) is 24.2. The smallest absolute Gasteiger partial charge is 0.141 e. The summed E-state index contributed by atoms with van der Waals surface area (Å²) < 4.78 is 20.1. The molecule has 2 unspecified atom stereocenters. The Kier molecular flexibility index (Phi) is 5.08. The molecule has 4 heteroatoms. The molecule has 1 aromatic carbocycles. The first-order chi connectivity index (χ1) is 9.57. The minimum atomic E-state index is -0.274. The SMILES string of the molecule is CCNC1CC(Oc2ccc(Br)c(F)c2)C1(CC)CC. The number of halogens is 2. The highest BCUT2D eigenvalue weighted by Gasteiger charge is 2.53. The molecule has 1 N–H and O–H groups in total. The van der Waals surface area contributed by atoms with Gasteiger partial charge in [0.15, 0.2) is 0 Å². The van der Waals surface area contributed by atoms with Crippen LogP contribution in [0.3, 0.4) is 0 Å². The number of nitrogens with one attached hydrogen (secondary N) is 1. The predicted molar refractivity (Wildman–Crippen MR) is 83.6 cm³/mol. The molecular formula is C16H23BrFNO. The zero-order valence-corrected chi connectivity index (χ0v) is 14.0. The molecule has 1 fully saturated rings. The Bertz CT molecular complexity index is 462. The molecule has 2 atom stereocenters. The second-order valence-corrected chi connectivity index (χ2v) is 6.32. The maximum Gasteiger partial charge on any atom is 0.141 e. The maximum absolute atomic E-state index is 13.6. The number of hydrogen-bond donors (Lipinski definition) is 1. The zero-order valence-electron chi connectivity index (χ0n) is 12.4. The van der Waals surface area contributed by atoms with Gasteiger partial charge in [0.2, 0.25) is 0 Å². The molecule has 0 radical (unpaired) electrons. The van der Waals surface area contributed by atoms with Crippen molar-refractivity contribution in [3.8, 4) is 5.75 Å². The lowest BCUT2D eigenvalue weighted by atomic mass is 9.58. The highest BCUT2D eigenvalue weighted by molar-refractivity contribution is 9.10. The summed E-state index contributed by atoms with van der Waals surface area (Å²) in [6.07, 6.45) is 3.31. The van der Waals surface area contributed by atoms with E-state index in [0.717, 1.165) is 25.8 Å². The number of rotatable bonds is 6. The van der Waals surface area contributed by atoms with Crippen molar-refractivity contribution in [1.29, 1.82) is 0 Å². The summed E-state index contributed by atoms with van der Waals surface area (Å²) in [7, 11) is 0. The van der Waals surface area contributed by atoms with Crippen molar-refractivity contribution in [3.63, 3.8) is 0 Å². The van der Waals surface area contributed by atoms with Gasteiger partial charge in [0.1, 0.15) is 17.7 Å². The third-order valence-corrected chi connectivity index (χ3v) is 5.36. The number of hydrogen-bond acceptors (Lipinski definition) is 2. The third kappa shape index (κ3) is 2.73. The number of benzene rings is 1. The highest BCUT2D eigenvalue weighted by atomic mass is 79.9. The van der Waals surface area contributed by atoms with Crippen LogP contribution >= 0.6 is 15.9 Å². The van der Waals surface area contributed by atoms with Crippen LogP contribution in [0.4, 0.5) is 4.39 Å². The van der Waals surface area contributed by atoms with Crippen LogP contribution in [0.1, 0.15) is 40.0 Å². The standard InChI is InChI=1S/C16H23BrFNO/c1-4-16(5-2)14(19-6-3)10-15(16)20-11-7-8-12(17)13(18)9-11/h7-9,14-15,19H,4-6,10H2,1-3H3. The Morgan fingerprint density at radius 3 is 2.60 bits per heavy atom. The molecule has 1 aliphatic carbocycles. The van der Waals surface area contributed by atoms with Crippen molar-refractivity contribution in [1.82, 2.24) is 5.32 Å². The Morgan fingerprint density at radius 1 is 1.35 bits per heavy atom. The molecule has 0 amide bonds. The second kappa shape index (κ2) is 6.44. The average Bonchev–Trinajstić information content (AvgIpc) is 2.43. The van der Waals surface area contributed by atoms with E-state index in [4.69, 9.17) is 4.74 Å². The van der Waals surface area contributed by atoms with Crippen LogP contribution in [-0.2, 0) is 0 Å². The fourth-order valence-electron chi connectivity index (χ4n) is 3.36. The molecular weight excluding hydrogens is 321 g/mol. The van der Waals surface area contributed by atoms with Crippen LogP contribution in [0.5, 0.6) is 5.75 Å². The first kappa shape index (κ1) is 15.8. The second-order valence-electron chi connectivity index (χ2n) is 5.47. The van der Waals surface area contributed by atoms with Crippen LogP contribution in [0.15, 0.2) is 22.7 Å². The van der Waals surface area contributed by atoms with Gasteiger partial charge in [-0.2, -0.15) is 0 Å². The van der Waals surface area contributed by atoms with Gasteiger partial charge in [-0.15, -0.1) is 0 Å². The molecule has 1 aliphatic rings. The minimum Gasteiger partial charge on any atom is -0.490 e. The lowest BCUT2D eigenvalue weighted by Gasteiger charge is -2.55. The van der Waals surface area contributed by atoms with Crippen molar-refractivity contribution >= 4 is 15.9 Å². The van der Waals surface area contributed by atoms with Crippen LogP contribution in [0.2, 0.25) is 0 Å². The van der Waals surface area contributed by atoms with Gasteiger partial charge in [0.05, 0.1) is 4.47 Å². The monoisotopic (exact) mass is 343 g/mol. The van der Waals surface area contributed by atoms with Crippen molar-refractivity contribution in [2.75, 3.05) is 6.54 Å². The lowest BCUT2D eigenvalue weighted by Crippen LogP contribution is -2.64. The van der Waals surface area contributed by atoms with Crippen molar-refractivity contribution < 1.29 is 9.13 Å². The summed E-state index contributed by atoms with van der Waals surface area (Å²) in [5.74, 6) is 0.348. The van der Waals surface area contributed by atoms with Gasteiger partial charge < -0.3 is 10.1 Å². The van der Waals surface area contributed by atoms with Gasteiger partial charge in [-0.05, 0) is 47.4 Å². The van der Waals surface area contributed by atoms with E-state index in [2.05, 4.69) is 42.0 Å². The van der Waals surface area contributed by atoms with Gasteiger partial charge >= 0.3 is 0 Å². The number of ether oxygens (including phenoxy) is 1. The fourth-order valence-corrected chi connectivity index (χ4v) is 3.61. The van der Waals surface area contributed by atoms with Crippen LogP contribution in [0.25, 0.3) is 0 Å². The molecule has 0 aliphatic heterocycles. The van der Waals surface area contributed by atoms with E-state index in [-0.39, 0.29) is 17.3 Å². The summed E-state index contributed by atoms with van der Waals surface area (Å²) >= 11 is 3.17. The van der Waals surface area contributed by atoms with Gasteiger partial charge in [-0.1, -0.05) is 20.8 Å². The van der Waals surface area contributed by atoms with E-state index < -0.39 is 0 Å². The fraction of sp³-hybridized carbons (Fsp3) is 0.625. The molecule has 20 heavy (non-hydrogen) atoms. The quantitative estimate of drug-likeness (QED) is 0.819. The van der Waals surface area contributed by atoms with E-state index in [1.165, 1.54) is 6.07 Å². The summed E-state index contributed by atoms with van der Waals surface area (Å²) in [6.45, 7) is 7.54. The van der Waals surface area contributed by atoms with E-state index in [9.17, 15) is 4.39 Å². The van der Waals surface area contributed by atoms with Crippen LogP contribution < -0.4 is 10.1 Å². The lowest BCUT2D eigenvalue weighted by molar-refractivity contribution is -0.0855. The van der Waals surface area contributed by atoms with E-state index in [0.29, 0.717) is 16.3 Å². The topological polar surface area (TPSA) is 21.3 Å². The van der Waals surface area contributed by atoms with E-state index >= 15 is 0 Å². The summed E-state index contributed by atoms with van der Waals surface area (Å²) in [6, 6.07) is 5.49. The molecule has 2 nitrogen and oxygen atoms in total. The Morgan fingerprint density at radius 2 is 2.05 bits per heavy atom. The molecule has 1 saturated carbocycles. The first-order valence-corrected chi connectivity index (χ1v) is 8.21. The maximum atomic E-state index is 13.6. The Labute approximate surface area is 129 Å². The van der Waals surface area contributed by atoms with Crippen molar-refractivity contribution in [2.45, 2.75) is 52.2 Å². The first-order valence-electron chi connectivity index (χ1n) is 7.42. The largest absolute Gasteiger partial charge is 0.490 e. The molecule has 112 valence electrons. The summed E-state index contributed by atoms with van der Waals surface area (Å²) in [4.78, 5) is 0. The van der Waals surface area contributed by atoms with Crippen molar-refractivity contribution in [3.05, 3.63) is 28.5 Å². The molecule has 0 aromatic heterocycles. The van der Waals surface area contributed by atoms with Gasteiger partial charge in [0.25, 0.3) is 0 Å². The van der Waals surface area contributed by atoms with Gasteiger partial charge in [0, 0.05) is 23.9 Å². The summed E-state index contributed by atoms with van der Waals surface area (Å²) in [5, 5.41) is 3.55. The Balaban J connectivity index is 2.11. The van der Waals surface area contributed by atoms with E-state index in [1.807, 2.05) is 6.07 Å².